The lowest BCUT2D eigenvalue weighted by atomic mass is 10.3. The molecule has 0 atom stereocenters. The summed E-state index contributed by atoms with van der Waals surface area (Å²) in [5.41, 5.74) is 1.19. The average molecular weight is 389 g/mol. The van der Waals surface area contributed by atoms with E-state index >= 15 is 0 Å². The van der Waals surface area contributed by atoms with Gasteiger partial charge in [-0.2, -0.15) is 5.10 Å². The Labute approximate surface area is 161 Å². The van der Waals surface area contributed by atoms with Gasteiger partial charge in [-0.05, 0) is 32.3 Å². The van der Waals surface area contributed by atoms with Crippen LogP contribution in [-0.2, 0) is 7.05 Å². The lowest BCUT2D eigenvalue weighted by Gasteiger charge is -2.21. The molecule has 3 aromatic rings. The van der Waals surface area contributed by atoms with Crippen LogP contribution in [0.1, 0.15) is 10.5 Å². The van der Waals surface area contributed by atoms with Crippen LogP contribution in [0.3, 0.4) is 0 Å². The summed E-state index contributed by atoms with van der Waals surface area (Å²) < 4.78 is 13.3. The molecule has 2 heterocycles. The number of rotatable bonds is 7. The second-order valence-electron chi connectivity index (χ2n) is 6.24. The van der Waals surface area contributed by atoms with E-state index in [1.54, 1.807) is 43.1 Å². The molecular weight excluding hydrogens is 366 g/mol. The Kier molecular flexibility index (Phi) is 5.62. The number of aryl methyl sites for hydroxylation is 1. The normalized spacial score (nSPS) is 11.2. The van der Waals surface area contributed by atoms with E-state index in [1.807, 2.05) is 31.1 Å². The highest BCUT2D eigenvalue weighted by Gasteiger charge is 2.25. The SMILES string of the molecule is COc1ccc(OC)c2sc(N(CCN(C)C)C(=O)c3ccnn3C)nc12. The van der Waals surface area contributed by atoms with E-state index in [0.29, 0.717) is 40.9 Å². The van der Waals surface area contributed by atoms with Gasteiger partial charge in [0.05, 0.1) is 14.2 Å². The first-order chi connectivity index (χ1) is 13.0. The van der Waals surface area contributed by atoms with Crippen molar-refractivity contribution in [2.24, 2.45) is 7.05 Å². The van der Waals surface area contributed by atoms with Gasteiger partial charge < -0.3 is 14.4 Å². The van der Waals surface area contributed by atoms with Crippen LogP contribution in [0.25, 0.3) is 10.2 Å². The molecule has 0 bridgehead atoms. The third-order valence-corrected chi connectivity index (χ3v) is 5.28. The van der Waals surface area contributed by atoms with Gasteiger partial charge in [0.2, 0.25) is 0 Å². The highest BCUT2D eigenvalue weighted by molar-refractivity contribution is 7.22. The van der Waals surface area contributed by atoms with Crippen molar-refractivity contribution in [3.8, 4) is 11.5 Å². The maximum Gasteiger partial charge on any atom is 0.278 e. The number of likely N-dealkylation sites (N-methyl/N-ethyl adjacent to an activating group) is 1. The monoisotopic (exact) mass is 389 g/mol. The molecule has 8 nitrogen and oxygen atoms in total. The van der Waals surface area contributed by atoms with Crippen molar-refractivity contribution >= 4 is 32.6 Å². The zero-order chi connectivity index (χ0) is 19.6. The maximum atomic E-state index is 13.2. The van der Waals surface area contributed by atoms with Crippen LogP contribution in [0.4, 0.5) is 5.13 Å². The van der Waals surface area contributed by atoms with Crippen molar-refractivity contribution in [3.05, 3.63) is 30.1 Å². The number of ether oxygens (including phenoxy) is 2. The molecule has 9 heteroatoms. The number of amides is 1. The summed E-state index contributed by atoms with van der Waals surface area (Å²) in [7, 11) is 8.91. The zero-order valence-electron chi connectivity index (χ0n) is 16.1. The number of hydrogen-bond donors (Lipinski definition) is 0. The van der Waals surface area contributed by atoms with Gasteiger partial charge in [-0.3, -0.25) is 14.4 Å². The first-order valence-electron chi connectivity index (χ1n) is 8.42. The molecule has 0 saturated heterocycles. The molecule has 1 amide bonds. The van der Waals surface area contributed by atoms with Crippen LogP contribution >= 0.6 is 11.3 Å². The van der Waals surface area contributed by atoms with E-state index in [2.05, 4.69) is 5.10 Å². The summed E-state index contributed by atoms with van der Waals surface area (Å²) in [4.78, 5) is 21.6. The van der Waals surface area contributed by atoms with E-state index < -0.39 is 0 Å². The number of anilines is 1. The molecule has 0 N–H and O–H groups in total. The van der Waals surface area contributed by atoms with E-state index in [1.165, 1.54) is 11.3 Å². The van der Waals surface area contributed by atoms with Crippen LogP contribution in [0.5, 0.6) is 11.5 Å². The molecule has 0 aliphatic rings. The number of carbonyl (C=O) groups excluding carboxylic acids is 1. The van der Waals surface area contributed by atoms with Crippen LogP contribution in [0.15, 0.2) is 24.4 Å². The van der Waals surface area contributed by atoms with Crippen molar-refractivity contribution in [2.45, 2.75) is 0 Å². The van der Waals surface area contributed by atoms with Crippen LogP contribution in [0, 0.1) is 0 Å². The lowest BCUT2D eigenvalue weighted by molar-refractivity contribution is 0.0976. The van der Waals surface area contributed by atoms with Crippen molar-refractivity contribution in [1.82, 2.24) is 19.7 Å². The number of carbonyl (C=O) groups is 1. The Morgan fingerprint density at radius 3 is 2.44 bits per heavy atom. The summed E-state index contributed by atoms with van der Waals surface area (Å²) in [5, 5.41) is 4.71. The third kappa shape index (κ3) is 3.74. The molecule has 3 rings (SSSR count). The topological polar surface area (TPSA) is 72.7 Å². The lowest BCUT2D eigenvalue weighted by Crippen LogP contribution is -2.37. The molecule has 0 fully saturated rings. The molecule has 0 radical (unpaired) electrons. The summed E-state index contributed by atoms with van der Waals surface area (Å²) in [6.07, 6.45) is 1.61. The minimum Gasteiger partial charge on any atom is -0.495 e. The van der Waals surface area contributed by atoms with Crippen molar-refractivity contribution in [3.63, 3.8) is 0 Å². The van der Waals surface area contributed by atoms with Gasteiger partial charge in [-0.15, -0.1) is 0 Å². The highest BCUT2D eigenvalue weighted by atomic mass is 32.1. The van der Waals surface area contributed by atoms with Crippen molar-refractivity contribution < 1.29 is 14.3 Å². The van der Waals surface area contributed by atoms with Gasteiger partial charge in [0.25, 0.3) is 5.91 Å². The average Bonchev–Trinajstić information content (AvgIpc) is 3.27. The van der Waals surface area contributed by atoms with E-state index in [-0.39, 0.29) is 5.91 Å². The third-order valence-electron chi connectivity index (χ3n) is 4.19. The second kappa shape index (κ2) is 7.93. The molecule has 144 valence electrons. The smallest absolute Gasteiger partial charge is 0.278 e. The molecule has 0 aliphatic heterocycles. The van der Waals surface area contributed by atoms with E-state index in [0.717, 1.165) is 4.70 Å². The van der Waals surface area contributed by atoms with E-state index in [4.69, 9.17) is 14.5 Å². The van der Waals surface area contributed by atoms with Crippen LogP contribution in [-0.4, -0.2) is 67.0 Å². The number of fused-ring (bicyclic) bond motifs is 1. The second-order valence-corrected chi connectivity index (χ2v) is 7.22. The Balaban J connectivity index is 2.08. The van der Waals surface area contributed by atoms with Gasteiger partial charge in [0.1, 0.15) is 27.4 Å². The Morgan fingerprint density at radius 1 is 1.15 bits per heavy atom. The first-order valence-corrected chi connectivity index (χ1v) is 9.24. The molecule has 0 unspecified atom stereocenters. The quantitative estimate of drug-likeness (QED) is 0.617. The molecular formula is C18H23N5O3S. The molecule has 2 aromatic heterocycles. The maximum absolute atomic E-state index is 13.2. The fourth-order valence-electron chi connectivity index (χ4n) is 2.70. The van der Waals surface area contributed by atoms with Crippen LogP contribution < -0.4 is 14.4 Å². The Bertz CT molecular complexity index is 909. The summed E-state index contributed by atoms with van der Waals surface area (Å²) in [6.45, 7) is 1.20. The minimum absolute atomic E-state index is 0.145. The predicted molar refractivity (Wildman–Crippen MR) is 106 cm³/mol. The van der Waals surface area contributed by atoms with Gasteiger partial charge >= 0.3 is 0 Å². The van der Waals surface area contributed by atoms with Gasteiger partial charge in [-0.1, -0.05) is 11.3 Å². The molecule has 0 aliphatic carbocycles. The van der Waals surface area contributed by atoms with Gasteiger partial charge in [0, 0.05) is 26.3 Å². The summed E-state index contributed by atoms with van der Waals surface area (Å²) in [6, 6.07) is 5.37. The van der Waals surface area contributed by atoms with Gasteiger partial charge in [0.15, 0.2) is 5.13 Å². The molecule has 0 spiro atoms. The fourth-order valence-corrected chi connectivity index (χ4v) is 3.79. The van der Waals surface area contributed by atoms with E-state index in [9.17, 15) is 4.79 Å². The minimum atomic E-state index is -0.145. The van der Waals surface area contributed by atoms with Crippen molar-refractivity contribution in [2.75, 3.05) is 46.3 Å². The molecule has 0 saturated carbocycles. The molecule has 1 aromatic carbocycles. The Morgan fingerprint density at radius 2 is 1.85 bits per heavy atom. The van der Waals surface area contributed by atoms with Gasteiger partial charge in [-0.25, -0.2) is 4.98 Å². The highest BCUT2D eigenvalue weighted by Crippen LogP contribution is 2.40. The number of benzene rings is 1. The number of hydrogen-bond acceptors (Lipinski definition) is 7. The fraction of sp³-hybridized carbons (Fsp3) is 0.389. The summed E-state index contributed by atoms with van der Waals surface area (Å²) in [5.74, 6) is 1.21. The number of thiazole rings is 1. The zero-order valence-corrected chi connectivity index (χ0v) is 16.9. The number of methoxy groups -OCH3 is 2. The number of aromatic nitrogens is 3. The molecule has 27 heavy (non-hydrogen) atoms. The van der Waals surface area contributed by atoms with Crippen molar-refractivity contribution in [1.29, 1.82) is 0 Å². The number of nitrogens with zero attached hydrogens (tertiary/aromatic N) is 5. The first kappa shape index (κ1) is 19.1. The predicted octanol–water partition coefficient (Wildman–Crippen LogP) is 2.26. The standard InChI is InChI=1S/C18H23N5O3S/c1-21(2)10-11-23(17(24)12-8-9-19-22(12)3)18-20-15-13(25-4)6-7-14(26-5)16(15)27-18/h6-9H,10-11H2,1-5H3. The van der Waals surface area contributed by atoms with Crippen LogP contribution in [0.2, 0.25) is 0 Å². The Hall–Kier alpha value is -2.65. The summed E-state index contributed by atoms with van der Waals surface area (Å²) >= 11 is 1.41. The largest absolute Gasteiger partial charge is 0.495 e.